The first-order valence-corrected chi connectivity index (χ1v) is 9.53. The summed E-state index contributed by atoms with van der Waals surface area (Å²) in [5, 5.41) is 7.90. The van der Waals surface area contributed by atoms with Crippen molar-refractivity contribution in [3.05, 3.63) is 38.1 Å². The Morgan fingerprint density at radius 3 is 2.65 bits per heavy atom. The van der Waals surface area contributed by atoms with Gasteiger partial charge in [0.05, 0.1) is 15.9 Å². The molecule has 1 fully saturated rings. The van der Waals surface area contributed by atoms with Crippen LogP contribution in [0, 0.1) is 13.8 Å². The summed E-state index contributed by atoms with van der Waals surface area (Å²) in [6.45, 7) is 9.74. The highest BCUT2D eigenvalue weighted by molar-refractivity contribution is 6.36. The standard InChI is InChI=1S/C19H25ClN4O2/c1-4-24-14-11-12(2)13(3)16(20)15(14)18(25)17(22-24)19(26)21-7-10-23-8-5-6-9-23/h11H,4-10H2,1-3H3,(H,21,26). The van der Waals surface area contributed by atoms with Crippen LogP contribution in [0.15, 0.2) is 10.9 Å². The predicted octanol–water partition coefficient (Wildman–Crippen LogP) is 2.51. The summed E-state index contributed by atoms with van der Waals surface area (Å²) in [7, 11) is 0. The maximum atomic E-state index is 12.9. The van der Waals surface area contributed by atoms with Gasteiger partial charge >= 0.3 is 0 Å². The molecule has 2 aromatic rings. The Morgan fingerprint density at radius 1 is 1.31 bits per heavy atom. The molecule has 3 rings (SSSR count). The minimum absolute atomic E-state index is 0.0917. The minimum Gasteiger partial charge on any atom is -0.349 e. The molecule has 1 saturated heterocycles. The van der Waals surface area contributed by atoms with Gasteiger partial charge in [-0.05, 0) is 63.9 Å². The smallest absolute Gasteiger partial charge is 0.275 e. The molecule has 140 valence electrons. The summed E-state index contributed by atoms with van der Waals surface area (Å²) < 4.78 is 1.67. The molecular weight excluding hydrogens is 352 g/mol. The van der Waals surface area contributed by atoms with Gasteiger partial charge in [0.1, 0.15) is 0 Å². The fourth-order valence-corrected chi connectivity index (χ4v) is 3.76. The molecule has 0 bridgehead atoms. The van der Waals surface area contributed by atoms with Gasteiger partial charge in [-0.25, -0.2) is 0 Å². The summed E-state index contributed by atoms with van der Waals surface area (Å²) >= 11 is 6.45. The average molecular weight is 377 g/mol. The molecule has 0 radical (unpaired) electrons. The van der Waals surface area contributed by atoms with Gasteiger partial charge in [0, 0.05) is 19.6 Å². The Hall–Kier alpha value is -1.92. The lowest BCUT2D eigenvalue weighted by molar-refractivity contribution is 0.0941. The van der Waals surface area contributed by atoms with Crippen LogP contribution in [0.2, 0.25) is 5.02 Å². The summed E-state index contributed by atoms with van der Waals surface area (Å²) in [5.74, 6) is -0.437. The van der Waals surface area contributed by atoms with E-state index in [1.54, 1.807) is 4.68 Å². The summed E-state index contributed by atoms with van der Waals surface area (Å²) in [6, 6.07) is 1.91. The Morgan fingerprint density at radius 2 is 2.00 bits per heavy atom. The predicted molar refractivity (Wildman–Crippen MR) is 104 cm³/mol. The SMILES string of the molecule is CCn1nc(C(=O)NCCN2CCCC2)c(=O)c2c(Cl)c(C)c(C)cc21. The second kappa shape index (κ2) is 7.76. The first kappa shape index (κ1) is 18.9. The van der Waals surface area contributed by atoms with Crippen LogP contribution in [0.1, 0.15) is 41.4 Å². The lowest BCUT2D eigenvalue weighted by Gasteiger charge is -2.16. The Labute approximate surface area is 158 Å². The van der Waals surface area contributed by atoms with Crippen LogP contribution in [0.4, 0.5) is 0 Å². The molecule has 1 N–H and O–H groups in total. The van der Waals surface area contributed by atoms with Crippen molar-refractivity contribution < 1.29 is 4.79 Å². The highest BCUT2D eigenvalue weighted by Crippen LogP contribution is 2.27. The van der Waals surface area contributed by atoms with Crippen molar-refractivity contribution in [3.8, 4) is 0 Å². The quantitative estimate of drug-likeness (QED) is 0.870. The van der Waals surface area contributed by atoms with Gasteiger partial charge in [0.25, 0.3) is 5.91 Å². The molecular formula is C19H25ClN4O2. The number of carbonyl (C=O) groups is 1. The average Bonchev–Trinajstić information content (AvgIpc) is 3.13. The first-order chi connectivity index (χ1) is 12.4. The van der Waals surface area contributed by atoms with Gasteiger partial charge in [-0.15, -0.1) is 0 Å². The van der Waals surface area contributed by atoms with Crippen molar-refractivity contribution in [1.82, 2.24) is 20.0 Å². The van der Waals surface area contributed by atoms with Crippen molar-refractivity contribution in [2.45, 2.75) is 40.2 Å². The van der Waals surface area contributed by atoms with E-state index in [1.807, 2.05) is 26.8 Å². The highest BCUT2D eigenvalue weighted by atomic mass is 35.5. The summed E-state index contributed by atoms with van der Waals surface area (Å²) in [5.41, 5.74) is 2.01. The zero-order chi connectivity index (χ0) is 18.8. The topological polar surface area (TPSA) is 67.2 Å². The lowest BCUT2D eigenvalue weighted by Crippen LogP contribution is -2.37. The van der Waals surface area contributed by atoms with Gasteiger partial charge < -0.3 is 10.2 Å². The van der Waals surface area contributed by atoms with E-state index in [0.29, 0.717) is 29.0 Å². The number of aromatic nitrogens is 2. The van der Waals surface area contributed by atoms with E-state index in [9.17, 15) is 9.59 Å². The van der Waals surface area contributed by atoms with E-state index in [1.165, 1.54) is 12.8 Å². The molecule has 0 unspecified atom stereocenters. The van der Waals surface area contributed by atoms with Gasteiger partial charge in [-0.3, -0.25) is 14.3 Å². The van der Waals surface area contributed by atoms with Crippen LogP contribution in [0.5, 0.6) is 0 Å². The van der Waals surface area contributed by atoms with Gasteiger partial charge in [-0.1, -0.05) is 11.6 Å². The van der Waals surface area contributed by atoms with Crippen LogP contribution < -0.4 is 10.7 Å². The highest BCUT2D eigenvalue weighted by Gasteiger charge is 2.21. The third-order valence-electron chi connectivity index (χ3n) is 5.12. The number of nitrogens with one attached hydrogen (secondary N) is 1. The molecule has 0 saturated carbocycles. The number of benzene rings is 1. The van der Waals surface area contributed by atoms with Crippen LogP contribution in [0.25, 0.3) is 10.9 Å². The number of halogens is 1. The number of amides is 1. The van der Waals surface area contributed by atoms with Gasteiger partial charge in [0.15, 0.2) is 5.69 Å². The fourth-order valence-electron chi connectivity index (χ4n) is 3.42. The molecule has 26 heavy (non-hydrogen) atoms. The van der Waals surface area contributed by atoms with E-state index in [4.69, 9.17) is 11.6 Å². The Balaban J connectivity index is 1.94. The number of rotatable bonds is 5. The Bertz CT molecular complexity index is 901. The normalized spacial score (nSPS) is 14.9. The van der Waals surface area contributed by atoms with Crippen LogP contribution in [0.3, 0.4) is 0 Å². The van der Waals surface area contributed by atoms with Gasteiger partial charge in [-0.2, -0.15) is 5.10 Å². The fraction of sp³-hybridized carbons (Fsp3) is 0.526. The maximum absolute atomic E-state index is 12.9. The lowest BCUT2D eigenvalue weighted by atomic mass is 10.1. The van der Waals surface area contributed by atoms with Crippen LogP contribution in [-0.2, 0) is 6.54 Å². The largest absolute Gasteiger partial charge is 0.349 e. The molecule has 1 aromatic carbocycles. The number of likely N-dealkylation sites (tertiary alicyclic amines) is 1. The van der Waals surface area contributed by atoms with Crippen molar-refractivity contribution in [3.63, 3.8) is 0 Å². The van der Waals surface area contributed by atoms with E-state index < -0.39 is 11.3 Å². The van der Waals surface area contributed by atoms with Crippen molar-refractivity contribution in [2.24, 2.45) is 0 Å². The zero-order valence-corrected chi connectivity index (χ0v) is 16.3. The zero-order valence-electron chi connectivity index (χ0n) is 15.6. The van der Waals surface area contributed by atoms with E-state index in [2.05, 4.69) is 15.3 Å². The second-order valence-electron chi connectivity index (χ2n) is 6.82. The van der Waals surface area contributed by atoms with E-state index >= 15 is 0 Å². The second-order valence-corrected chi connectivity index (χ2v) is 7.20. The molecule has 0 aliphatic carbocycles. The van der Waals surface area contributed by atoms with Crippen LogP contribution >= 0.6 is 11.6 Å². The van der Waals surface area contributed by atoms with Crippen molar-refractivity contribution >= 4 is 28.4 Å². The number of nitrogens with zero attached hydrogens (tertiary/aromatic N) is 3. The first-order valence-electron chi connectivity index (χ1n) is 9.15. The van der Waals surface area contributed by atoms with E-state index in [-0.39, 0.29) is 5.69 Å². The number of fused-ring (bicyclic) bond motifs is 1. The van der Waals surface area contributed by atoms with Crippen LogP contribution in [-0.4, -0.2) is 46.8 Å². The molecule has 0 atom stereocenters. The molecule has 7 heteroatoms. The number of hydrogen-bond donors (Lipinski definition) is 1. The molecule has 1 aliphatic rings. The number of aryl methyl sites for hydroxylation is 2. The maximum Gasteiger partial charge on any atom is 0.275 e. The van der Waals surface area contributed by atoms with Crippen molar-refractivity contribution in [1.29, 1.82) is 0 Å². The minimum atomic E-state index is -0.437. The Kier molecular flexibility index (Phi) is 5.63. The third-order valence-corrected chi connectivity index (χ3v) is 5.59. The molecule has 0 spiro atoms. The third kappa shape index (κ3) is 3.48. The molecule has 1 amide bonds. The van der Waals surface area contributed by atoms with Gasteiger partial charge in [0.2, 0.25) is 5.43 Å². The summed E-state index contributed by atoms with van der Waals surface area (Å²) in [6.07, 6.45) is 2.41. The number of carbonyl (C=O) groups excluding carboxylic acids is 1. The molecule has 1 aliphatic heterocycles. The monoisotopic (exact) mass is 376 g/mol. The number of hydrogen-bond acceptors (Lipinski definition) is 4. The molecule has 2 heterocycles. The van der Waals surface area contributed by atoms with Crippen molar-refractivity contribution in [2.75, 3.05) is 26.2 Å². The summed E-state index contributed by atoms with van der Waals surface area (Å²) in [4.78, 5) is 27.8. The van der Waals surface area contributed by atoms with E-state index in [0.717, 1.165) is 30.8 Å². The molecule has 1 aromatic heterocycles. The molecule has 6 nitrogen and oxygen atoms in total.